The summed E-state index contributed by atoms with van der Waals surface area (Å²) >= 11 is 0. The van der Waals surface area contributed by atoms with Crippen LogP contribution >= 0.6 is 0 Å². The molecule has 2 aromatic rings. The van der Waals surface area contributed by atoms with Gasteiger partial charge in [-0.3, -0.25) is 0 Å². The number of nitrogens with one attached hydrogen (secondary N) is 2. The Balaban J connectivity index is 2.23. The minimum atomic E-state index is 0.107. The van der Waals surface area contributed by atoms with Gasteiger partial charge in [-0.15, -0.1) is 0 Å². The third kappa shape index (κ3) is 3.65. The highest BCUT2D eigenvalue weighted by Gasteiger charge is 2.11. The van der Waals surface area contributed by atoms with Gasteiger partial charge in [-0.2, -0.15) is 0 Å². The zero-order chi connectivity index (χ0) is 16.1. The van der Waals surface area contributed by atoms with Crippen molar-refractivity contribution in [3.05, 3.63) is 35.7 Å². The number of benzene rings is 1. The van der Waals surface area contributed by atoms with Gasteiger partial charge >= 0.3 is 0 Å². The van der Waals surface area contributed by atoms with Crippen LogP contribution in [-0.2, 0) is 4.74 Å². The molecule has 0 radical (unpaired) electrons. The molecule has 1 aromatic carbocycles. The molecular weight excluding hydrogens is 278 g/mol. The second-order valence-corrected chi connectivity index (χ2v) is 5.36. The second-order valence-electron chi connectivity index (χ2n) is 5.36. The zero-order valence-electron chi connectivity index (χ0n) is 13.5. The van der Waals surface area contributed by atoms with Gasteiger partial charge in [-0.05, 0) is 38.0 Å². The van der Waals surface area contributed by atoms with Crippen LogP contribution in [-0.4, -0.2) is 29.7 Å². The number of aryl methyl sites for hydroxylation is 1. The number of aromatic nitrogens is 2. The number of hydrogen-bond donors (Lipinski definition) is 3. The van der Waals surface area contributed by atoms with Crippen LogP contribution < -0.4 is 16.4 Å². The van der Waals surface area contributed by atoms with E-state index in [4.69, 9.17) is 10.5 Å². The SMILES string of the molecule is COCC(C)Nc1ncnc(Nc2cccc(C)c2C)c1N. The molecule has 0 aliphatic heterocycles. The van der Waals surface area contributed by atoms with E-state index >= 15 is 0 Å². The fourth-order valence-electron chi connectivity index (χ4n) is 2.15. The van der Waals surface area contributed by atoms with Gasteiger partial charge in [0, 0.05) is 18.8 Å². The summed E-state index contributed by atoms with van der Waals surface area (Å²) in [6.07, 6.45) is 1.49. The predicted octanol–water partition coefficient (Wildman–Crippen LogP) is 2.87. The quantitative estimate of drug-likeness (QED) is 0.760. The predicted molar refractivity (Wildman–Crippen MR) is 90.6 cm³/mol. The molecule has 0 saturated heterocycles. The Morgan fingerprint density at radius 2 is 1.95 bits per heavy atom. The monoisotopic (exact) mass is 301 g/mol. The Morgan fingerprint density at radius 3 is 2.68 bits per heavy atom. The van der Waals surface area contributed by atoms with Crippen LogP contribution in [0.1, 0.15) is 18.1 Å². The molecule has 1 heterocycles. The Morgan fingerprint density at radius 1 is 1.23 bits per heavy atom. The molecule has 4 N–H and O–H groups in total. The molecule has 1 aromatic heterocycles. The Labute approximate surface area is 131 Å². The van der Waals surface area contributed by atoms with Crippen LogP contribution in [0.3, 0.4) is 0 Å². The maximum Gasteiger partial charge on any atom is 0.159 e. The first-order valence-electron chi connectivity index (χ1n) is 7.22. The first-order chi connectivity index (χ1) is 10.5. The van der Waals surface area contributed by atoms with E-state index in [1.165, 1.54) is 17.5 Å². The summed E-state index contributed by atoms with van der Waals surface area (Å²) in [4.78, 5) is 8.44. The number of methoxy groups -OCH3 is 1. The summed E-state index contributed by atoms with van der Waals surface area (Å²) in [5.41, 5.74) is 10.0. The summed E-state index contributed by atoms with van der Waals surface area (Å²) in [6, 6.07) is 6.19. The Bertz CT molecular complexity index is 644. The van der Waals surface area contributed by atoms with Gasteiger partial charge in [0.2, 0.25) is 0 Å². The largest absolute Gasteiger partial charge is 0.393 e. The van der Waals surface area contributed by atoms with E-state index < -0.39 is 0 Å². The van der Waals surface area contributed by atoms with Crippen LogP contribution in [0, 0.1) is 13.8 Å². The first kappa shape index (κ1) is 16.0. The van der Waals surface area contributed by atoms with Crippen LogP contribution in [0.5, 0.6) is 0 Å². The van der Waals surface area contributed by atoms with Crippen molar-refractivity contribution in [2.24, 2.45) is 0 Å². The number of hydrogen-bond acceptors (Lipinski definition) is 6. The van der Waals surface area contributed by atoms with Gasteiger partial charge < -0.3 is 21.1 Å². The summed E-state index contributed by atoms with van der Waals surface area (Å²) in [5, 5.41) is 6.50. The van der Waals surface area contributed by atoms with Crippen molar-refractivity contribution in [2.45, 2.75) is 26.8 Å². The molecule has 22 heavy (non-hydrogen) atoms. The van der Waals surface area contributed by atoms with E-state index in [1.807, 2.05) is 19.1 Å². The number of nitrogens with two attached hydrogens (primary N) is 1. The molecule has 118 valence electrons. The lowest BCUT2D eigenvalue weighted by Crippen LogP contribution is -2.22. The van der Waals surface area contributed by atoms with E-state index in [0.29, 0.717) is 23.9 Å². The zero-order valence-corrected chi connectivity index (χ0v) is 13.5. The molecule has 2 rings (SSSR count). The molecule has 0 aliphatic carbocycles. The van der Waals surface area contributed by atoms with Crippen molar-refractivity contribution >= 4 is 23.0 Å². The number of anilines is 4. The topological polar surface area (TPSA) is 85.1 Å². The van der Waals surface area contributed by atoms with Gasteiger partial charge in [0.25, 0.3) is 0 Å². The summed E-state index contributed by atoms with van der Waals surface area (Å²) in [7, 11) is 1.66. The lowest BCUT2D eigenvalue weighted by atomic mass is 10.1. The third-order valence-corrected chi connectivity index (χ3v) is 3.54. The van der Waals surface area contributed by atoms with Gasteiger partial charge in [0.1, 0.15) is 12.0 Å². The fraction of sp³-hybridized carbons (Fsp3) is 0.375. The Hall–Kier alpha value is -2.34. The van der Waals surface area contributed by atoms with E-state index in [1.54, 1.807) is 7.11 Å². The second kappa shape index (κ2) is 7.09. The maximum absolute atomic E-state index is 6.17. The van der Waals surface area contributed by atoms with Crippen molar-refractivity contribution < 1.29 is 4.74 Å². The van der Waals surface area contributed by atoms with Crippen LogP contribution in [0.15, 0.2) is 24.5 Å². The van der Waals surface area contributed by atoms with Crippen molar-refractivity contribution in [3.63, 3.8) is 0 Å². The number of ether oxygens (including phenoxy) is 1. The van der Waals surface area contributed by atoms with Gasteiger partial charge in [-0.25, -0.2) is 9.97 Å². The molecule has 0 fully saturated rings. The highest BCUT2D eigenvalue weighted by Crippen LogP contribution is 2.28. The molecule has 1 atom stereocenters. The van der Waals surface area contributed by atoms with Crippen molar-refractivity contribution in [2.75, 3.05) is 30.1 Å². The van der Waals surface area contributed by atoms with E-state index in [9.17, 15) is 0 Å². The molecule has 6 heteroatoms. The average molecular weight is 301 g/mol. The van der Waals surface area contributed by atoms with Crippen LogP contribution in [0.25, 0.3) is 0 Å². The highest BCUT2D eigenvalue weighted by atomic mass is 16.5. The third-order valence-electron chi connectivity index (χ3n) is 3.54. The molecular formula is C16H23N5O. The fourth-order valence-corrected chi connectivity index (χ4v) is 2.15. The molecule has 0 aliphatic rings. The minimum Gasteiger partial charge on any atom is -0.393 e. The van der Waals surface area contributed by atoms with Crippen LogP contribution in [0.2, 0.25) is 0 Å². The molecule has 6 nitrogen and oxygen atoms in total. The highest BCUT2D eigenvalue weighted by molar-refractivity contribution is 5.78. The lowest BCUT2D eigenvalue weighted by molar-refractivity contribution is 0.190. The van der Waals surface area contributed by atoms with E-state index in [2.05, 4.69) is 40.5 Å². The Kier molecular flexibility index (Phi) is 5.16. The lowest BCUT2D eigenvalue weighted by Gasteiger charge is -2.17. The normalized spacial score (nSPS) is 12.0. The van der Waals surface area contributed by atoms with Crippen molar-refractivity contribution in [1.82, 2.24) is 9.97 Å². The molecule has 0 bridgehead atoms. The van der Waals surface area contributed by atoms with E-state index in [-0.39, 0.29) is 6.04 Å². The van der Waals surface area contributed by atoms with Crippen LogP contribution in [0.4, 0.5) is 23.0 Å². The van der Waals surface area contributed by atoms with Crippen molar-refractivity contribution in [1.29, 1.82) is 0 Å². The van der Waals surface area contributed by atoms with Gasteiger partial charge in [-0.1, -0.05) is 12.1 Å². The summed E-state index contributed by atoms with van der Waals surface area (Å²) < 4.78 is 5.11. The van der Waals surface area contributed by atoms with Gasteiger partial charge in [0.05, 0.1) is 6.61 Å². The first-order valence-corrected chi connectivity index (χ1v) is 7.22. The standard InChI is InChI=1S/C16H23N5O/c1-10-6-5-7-13(12(10)3)21-16-14(17)15(18-9-19-16)20-11(2)8-22-4/h5-7,9,11H,8,17H2,1-4H3,(H2,18,19,20,21). The molecule has 0 saturated carbocycles. The summed E-state index contributed by atoms with van der Waals surface area (Å²) in [5.74, 6) is 1.20. The molecule has 0 amide bonds. The molecule has 0 spiro atoms. The van der Waals surface area contributed by atoms with Crippen molar-refractivity contribution in [3.8, 4) is 0 Å². The minimum absolute atomic E-state index is 0.107. The van der Waals surface area contributed by atoms with E-state index in [0.717, 1.165) is 5.69 Å². The number of nitrogen functional groups attached to an aromatic ring is 1. The van der Waals surface area contributed by atoms with Gasteiger partial charge in [0.15, 0.2) is 11.6 Å². The number of rotatable bonds is 6. The smallest absolute Gasteiger partial charge is 0.159 e. The summed E-state index contributed by atoms with van der Waals surface area (Å²) in [6.45, 7) is 6.71. The maximum atomic E-state index is 6.17. The molecule has 1 unspecified atom stereocenters. The number of nitrogens with zero attached hydrogens (tertiary/aromatic N) is 2. The average Bonchev–Trinajstić information content (AvgIpc) is 2.48.